The molecule has 4 bridgehead atoms. The predicted octanol–water partition coefficient (Wildman–Crippen LogP) is 1.03. The summed E-state index contributed by atoms with van der Waals surface area (Å²) >= 11 is 0. The van der Waals surface area contributed by atoms with Gasteiger partial charge in [0.25, 0.3) is 0 Å². The SMILES string of the molecule is C=C1C(=O)[C@]23[C@H](O)[C@H]1CC[C@H]2[C@]12CC[C@H](O)C(C)(C)[C@H]1[C@H](O)[C@H]3O[C@@H]2OC. The van der Waals surface area contributed by atoms with Gasteiger partial charge in [-0.2, -0.15) is 0 Å². The van der Waals surface area contributed by atoms with Gasteiger partial charge in [-0.3, -0.25) is 4.79 Å². The fourth-order valence-electron chi connectivity index (χ4n) is 8.17. The molecule has 6 aliphatic rings. The van der Waals surface area contributed by atoms with Gasteiger partial charge in [0.2, 0.25) is 0 Å². The highest BCUT2D eigenvalue weighted by Gasteiger charge is 2.82. The van der Waals surface area contributed by atoms with E-state index >= 15 is 0 Å². The molecule has 10 atom stereocenters. The van der Waals surface area contributed by atoms with Gasteiger partial charge >= 0.3 is 0 Å². The molecule has 0 aromatic rings. The predicted molar refractivity (Wildman–Crippen MR) is 95.4 cm³/mol. The lowest BCUT2D eigenvalue weighted by Gasteiger charge is -2.73. The highest BCUT2D eigenvalue weighted by molar-refractivity contribution is 6.04. The fourth-order valence-corrected chi connectivity index (χ4v) is 8.17. The maximum absolute atomic E-state index is 13.4. The van der Waals surface area contributed by atoms with Gasteiger partial charge < -0.3 is 24.8 Å². The summed E-state index contributed by atoms with van der Waals surface area (Å²) in [6.45, 7) is 7.97. The van der Waals surface area contributed by atoms with Crippen LogP contribution in [-0.4, -0.2) is 58.9 Å². The summed E-state index contributed by atoms with van der Waals surface area (Å²) in [5, 5.41) is 33.4. The standard InChI is InChI=1S/C21H30O6/c1-9-10-5-6-11-20-8-7-12(22)19(2,3)14(20)13(23)17(27-18(20)26-4)21(11,15(9)24)16(10)25/h10-14,16-18,22-23,25H,1,5-8H2,2-4H3/t10-,11-,12-,13-,14+,16+,17+,18-,20+,21-/m0/s1. The molecule has 3 N–H and O–H groups in total. The first-order chi connectivity index (χ1) is 12.7. The zero-order chi connectivity index (χ0) is 19.5. The molecule has 0 amide bonds. The number of fused-ring (bicyclic) bond motifs is 2. The molecule has 0 radical (unpaired) electrons. The van der Waals surface area contributed by atoms with Crippen LogP contribution in [0.2, 0.25) is 0 Å². The van der Waals surface area contributed by atoms with E-state index in [0.29, 0.717) is 18.4 Å². The van der Waals surface area contributed by atoms with Crippen LogP contribution in [0, 0.1) is 34.0 Å². The van der Waals surface area contributed by atoms with Gasteiger partial charge in [-0.1, -0.05) is 20.4 Å². The molecule has 0 unspecified atom stereocenters. The summed E-state index contributed by atoms with van der Waals surface area (Å²) in [5.41, 5.74) is -1.81. The van der Waals surface area contributed by atoms with Crippen LogP contribution < -0.4 is 0 Å². The summed E-state index contributed by atoms with van der Waals surface area (Å²) in [6.07, 6.45) is -1.08. The number of carbonyl (C=O) groups excluding carboxylic acids is 1. The number of Topliss-reactive ketones (excluding diaryl/α,β-unsaturated/α-hetero) is 1. The van der Waals surface area contributed by atoms with E-state index in [0.717, 1.165) is 12.8 Å². The van der Waals surface area contributed by atoms with Crippen LogP contribution in [0.4, 0.5) is 0 Å². The van der Waals surface area contributed by atoms with Gasteiger partial charge in [-0.05, 0) is 42.6 Å². The second-order valence-electron chi connectivity index (χ2n) is 10.0. The molecule has 27 heavy (non-hydrogen) atoms. The minimum absolute atomic E-state index is 0.136. The molecule has 150 valence electrons. The van der Waals surface area contributed by atoms with E-state index in [1.54, 1.807) is 7.11 Å². The lowest BCUT2D eigenvalue weighted by Crippen LogP contribution is -2.81. The molecule has 6 rings (SSSR count). The average Bonchev–Trinajstić information content (AvgIpc) is 2.74. The first-order valence-corrected chi connectivity index (χ1v) is 10.1. The third-order valence-electron chi connectivity index (χ3n) is 9.13. The van der Waals surface area contributed by atoms with E-state index in [2.05, 4.69) is 6.58 Å². The minimum Gasteiger partial charge on any atom is -0.393 e. The van der Waals surface area contributed by atoms with Crippen molar-refractivity contribution in [2.24, 2.45) is 34.0 Å². The minimum atomic E-state index is -1.14. The Hall–Kier alpha value is -0.790. The van der Waals surface area contributed by atoms with Crippen LogP contribution in [0.1, 0.15) is 39.5 Å². The number of carbonyl (C=O) groups is 1. The van der Waals surface area contributed by atoms with Crippen molar-refractivity contribution in [2.75, 3.05) is 7.11 Å². The molecule has 4 aliphatic carbocycles. The summed E-state index contributed by atoms with van der Waals surface area (Å²) in [7, 11) is 1.60. The molecule has 2 heterocycles. The molecule has 2 saturated heterocycles. The summed E-state index contributed by atoms with van der Waals surface area (Å²) in [6, 6.07) is 0. The van der Waals surface area contributed by atoms with Gasteiger partial charge in [-0.25, -0.2) is 0 Å². The Labute approximate surface area is 159 Å². The van der Waals surface area contributed by atoms with Crippen LogP contribution in [0.15, 0.2) is 12.2 Å². The molecule has 2 aliphatic heterocycles. The first-order valence-electron chi connectivity index (χ1n) is 10.1. The molecule has 6 nitrogen and oxygen atoms in total. The Morgan fingerprint density at radius 3 is 2.56 bits per heavy atom. The topological polar surface area (TPSA) is 96.2 Å². The van der Waals surface area contributed by atoms with Crippen molar-refractivity contribution in [3.8, 4) is 0 Å². The quantitative estimate of drug-likeness (QED) is 0.590. The summed E-state index contributed by atoms with van der Waals surface area (Å²) < 4.78 is 12.0. The maximum Gasteiger partial charge on any atom is 0.170 e. The number of ketones is 1. The van der Waals surface area contributed by atoms with Crippen LogP contribution >= 0.6 is 0 Å². The number of methoxy groups -OCH3 is 1. The molecular weight excluding hydrogens is 348 g/mol. The van der Waals surface area contributed by atoms with Crippen LogP contribution in [0.3, 0.4) is 0 Å². The zero-order valence-electron chi connectivity index (χ0n) is 16.2. The van der Waals surface area contributed by atoms with Crippen LogP contribution in [-0.2, 0) is 14.3 Å². The second-order valence-corrected chi connectivity index (χ2v) is 10.0. The molecule has 6 fully saturated rings. The van der Waals surface area contributed by atoms with Gasteiger partial charge in [0.05, 0.1) is 23.7 Å². The van der Waals surface area contributed by atoms with Gasteiger partial charge in [0.15, 0.2) is 12.1 Å². The van der Waals surface area contributed by atoms with E-state index in [4.69, 9.17) is 9.47 Å². The van der Waals surface area contributed by atoms with Gasteiger partial charge in [-0.15, -0.1) is 0 Å². The number of rotatable bonds is 1. The summed E-state index contributed by atoms with van der Waals surface area (Å²) in [4.78, 5) is 13.4. The normalized spacial score (nSPS) is 58.1. The number of ether oxygens (including phenoxy) is 2. The smallest absolute Gasteiger partial charge is 0.170 e. The van der Waals surface area contributed by atoms with Crippen LogP contribution in [0.25, 0.3) is 0 Å². The molecule has 4 saturated carbocycles. The van der Waals surface area contributed by atoms with Crippen molar-refractivity contribution < 1.29 is 29.6 Å². The molecule has 6 heteroatoms. The highest BCUT2D eigenvalue weighted by atomic mass is 16.7. The van der Waals surface area contributed by atoms with E-state index in [-0.39, 0.29) is 23.5 Å². The maximum atomic E-state index is 13.4. The molecule has 0 aromatic carbocycles. The Morgan fingerprint density at radius 1 is 1.19 bits per heavy atom. The molecule has 0 aromatic heterocycles. The van der Waals surface area contributed by atoms with Crippen molar-refractivity contribution in [3.63, 3.8) is 0 Å². The van der Waals surface area contributed by atoms with Crippen molar-refractivity contribution in [1.29, 1.82) is 0 Å². The van der Waals surface area contributed by atoms with Crippen molar-refractivity contribution >= 4 is 5.78 Å². The Balaban J connectivity index is 1.76. The second kappa shape index (κ2) is 5.22. The Kier molecular flexibility index (Phi) is 3.53. The monoisotopic (exact) mass is 378 g/mol. The summed E-state index contributed by atoms with van der Waals surface area (Å²) in [5.74, 6) is -0.796. The largest absolute Gasteiger partial charge is 0.393 e. The zero-order valence-corrected chi connectivity index (χ0v) is 16.2. The average molecular weight is 378 g/mol. The third kappa shape index (κ3) is 1.67. The number of hydrogen-bond acceptors (Lipinski definition) is 6. The van der Waals surface area contributed by atoms with Crippen LogP contribution in [0.5, 0.6) is 0 Å². The number of aliphatic hydroxyl groups is 3. The Bertz CT molecular complexity index is 717. The third-order valence-corrected chi connectivity index (χ3v) is 9.13. The van der Waals surface area contributed by atoms with Gasteiger partial charge in [0, 0.05) is 24.4 Å². The molecular formula is C21H30O6. The van der Waals surface area contributed by atoms with E-state index in [1.165, 1.54) is 0 Å². The van der Waals surface area contributed by atoms with E-state index in [1.807, 2.05) is 13.8 Å². The van der Waals surface area contributed by atoms with Crippen molar-refractivity contribution in [3.05, 3.63) is 12.2 Å². The lowest BCUT2D eigenvalue weighted by atomic mass is 9.36. The lowest BCUT2D eigenvalue weighted by molar-refractivity contribution is -0.418. The Morgan fingerprint density at radius 2 is 1.89 bits per heavy atom. The number of hydrogen-bond donors (Lipinski definition) is 3. The van der Waals surface area contributed by atoms with Gasteiger partial charge in [0.1, 0.15) is 6.10 Å². The highest BCUT2D eigenvalue weighted by Crippen LogP contribution is 2.75. The number of aliphatic hydroxyl groups excluding tert-OH is 3. The molecule has 2 spiro atoms. The van der Waals surface area contributed by atoms with E-state index < -0.39 is 47.0 Å². The van der Waals surface area contributed by atoms with Crippen molar-refractivity contribution in [2.45, 2.75) is 70.2 Å². The fraction of sp³-hybridized carbons (Fsp3) is 0.857. The van der Waals surface area contributed by atoms with Crippen molar-refractivity contribution in [1.82, 2.24) is 0 Å². The van der Waals surface area contributed by atoms with E-state index in [9.17, 15) is 20.1 Å². The first kappa shape index (κ1) is 18.3.